The molecule has 17 rings (SSSR count). The summed E-state index contributed by atoms with van der Waals surface area (Å²) in [7, 11) is 0. The fourth-order valence-corrected chi connectivity index (χ4v) is 19.5. The molecular formula is C106H104F2N2O3. The Morgan fingerprint density at radius 3 is 1.90 bits per heavy atom. The van der Waals surface area contributed by atoms with Gasteiger partial charge in [0, 0.05) is 58.4 Å². The van der Waals surface area contributed by atoms with E-state index >= 15 is 8.78 Å². The normalized spacial score (nSPS) is 21.8. The first kappa shape index (κ1) is 74.9. The van der Waals surface area contributed by atoms with Crippen molar-refractivity contribution >= 4 is 28.7 Å². The van der Waals surface area contributed by atoms with Crippen LogP contribution in [0.5, 0.6) is 11.5 Å². The highest BCUT2D eigenvalue weighted by Gasteiger charge is 2.53. The third-order valence-corrected chi connectivity index (χ3v) is 25.3. The summed E-state index contributed by atoms with van der Waals surface area (Å²) in [4.78, 5) is 4.92. The summed E-state index contributed by atoms with van der Waals surface area (Å²) in [5.74, 6) is 1.43. The number of allylic oxidation sites excluding steroid dienone is 14. The van der Waals surface area contributed by atoms with Crippen molar-refractivity contribution < 1.29 is 23.0 Å². The van der Waals surface area contributed by atoms with Gasteiger partial charge in [-0.15, -0.1) is 0 Å². The lowest BCUT2D eigenvalue weighted by molar-refractivity contribution is 0.0834. The molecule has 0 fully saturated rings. The Labute approximate surface area is 668 Å². The third-order valence-electron chi connectivity index (χ3n) is 25.3. The lowest BCUT2D eigenvalue weighted by Gasteiger charge is -2.46. The summed E-state index contributed by atoms with van der Waals surface area (Å²) >= 11 is 0. The maximum atomic E-state index is 15.5. The summed E-state index contributed by atoms with van der Waals surface area (Å²) in [6.07, 6.45) is 39.9. The van der Waals surface area contributed by atoms with E-state index in [9.17, 15) is 0 Å². The van der Waals surface area contributed by atoms with Crippen molar-refractivity contribution in [2.75, 3.05) is 18.1 Å². The van der Waals surface area contributed by atoms with Gasteiger partial charge in [0.05, 0.1) is 24.2 Å². The molecule has 0 N–H and O–H groups in total. The van der Waals surface area contributed by atoms with Crippen LogP contribution in [0, 0.1) is 17.2 Å². The van der Waals surface area contributed by atoms with E-state index in [2.05, 4.69) is 283 Å². The van der Waals surface area contributed by atoms with Gasteiger partial charge in [-0.1, -0.05) is 261 Å². The zero-order valence-electron chi connectivity index (χ0n) is 66.4. The molecule has 0 bridgehead atoms. The Bertz CT molecular complexity index is 5400. The molecule has 8 aliphatic rings. The van der Waals surface area contributed by atoms with E-state index < -0.39 is 10.8 Å². The number of halogens is 2. The first-order valence-electron chi connectivity index (χ1n) is 41.3. The van der Waals surface area contributed by atoms with Gasteiger partial charge in [0.1, 0.15) is 29.2 Å². The molecule has 0 radical (unpaired) electrons. The van der Waals surface area contributed by atoms with Gasteiger partial charge in [-0.3, -0.25) is 0 Å². The Hall–Kier alpha value is -10.9. The Kier molecular flexibility index (Phi) is 20.7. The van der Waals surface area contributed by atoms with Crippen LogP contribution < -0.4 is 14.4 Å². The van der Waals surface area contributed by atoms with Crippen LogP contribution in [0.3, 0.4) is 0 Å². The number of unbranched alkanes of at least 4 members (excludes halogenated alkanes) is 2. The van der Waals surface area contributed by atoms with Crippen LogP contribution in [-0.2, 0) is 33.8 Å². The summed E-state index contributed by atoms with van der Waals surface area (Å²) in [6, 6.07) is 75.3. The molecule has 1 heterocycles. The molecule has 0 amide bonds. The molecule has 113 heavy (non-hydrogen) atoms. The standard InChI is InChI=1S/C106H104F2N2O3/c1-9-71-29-57-89(58-30-71)111-65-17-15-19-73-25-33-77(34-26-73)105(79-41-37-75(38-42-79)103(3,4)5)97-23-13-11-21-91(97)93-61-53-87(69-99(93)105)109(83-49-45-81(107)46-50-83)85-55-63-101-95(67-85)96-68-86(56-64-102(96)113-101)110(84-51-47-82(108)48-52-84)88-54-62-94-92-22-12-14-24-98(92)106(100(94)70-88,80-43-39-76(40-44-80)104(6,7)8)78-35-27-74(28-36-78)20-16-18-66-112-90-59-31-72(10-2)32-60-90/h9-14,21-43,45-47,49-51,53-55,57-59,61-63,67-69,80,88,90,96,102H,1-2,15-20,44,48,52,56,60,64-66,70H2,3-8H3. The van der Waals surface area contributed by atoms with Gasteiger partial charge < -0.3 is 24.0 Å². The van der Waals surface area contributed by atoms with Crippen molar-refractivity contribution in [3.8, 4) is 22.6 Å². The van der Waals surface area contributed by atoms with Crippen LogP contribution in [0.15, 0.2) is 326 Å². The van der Waals surface area contributed by atoms with Crippen LogP contribution in [-0.4, -0.2) is 36.4 Å². The average molecular weight is 1490 g/mol. The number of nitrogens with zero attached hydrogens (tertiary/aromatic N) is 2. The van der Waals surface area contributed by atoms with Crippen LogP contribution in [0.4, 0.5) is 25.8 Å². The quantitative estimate of drug-likeness (QED) is 0.0563. The van der Waals surface area contributed by atoms with Crippen LogP contribution in [0.1, 0.15) is 185 Å². The molecule has 0 aromatic heterocycles. The van der Waals surface area contributed by atoms with Crippen molar-refractivity contribution in [2.45, 2.75) is 165 Å². The zero-order chi connectivity index (χ0) is 77.6. The summed E-state index contributed by atoms with van der Waals surface area (Å²) in [5, 5.41) is 0. The van der Waals surface area contributed by atoms with E-state index in [4.69, 9.17) is 14.2 Å². The second kappa shape index (κ2) is 31.3. The molecule has 0 spiro atoms. The van der Waals surface area contributed by atoms with Gasteiger partial charge in [-0.25, -0.2) is 8.78 Å². The van der Waals surface area contributed by atoms with Crippen molar-refractivity contribution in [1.82, 2.24) is 4.90 Å². The predicted octanol–water partition coefficient (Wildman–Crippen LogP) is 26.8. The molecule has 0 saturated carbocycles. The predicted molar refractivity (Wildman–Crippen MR) is 463 cm³/mol. The number of ether oxygens (including phenoxy) is 3. The smallest absolute Gasteiger partial charge is 0.123 e. The van der Waals surface area contributed by atoms with E-state index in [-0.39, 0.29) is 52.6 Å². The first-order chi connectivity index (χ1) is 55.0. The second-order valence-corrected chi connectivity index (χ2v) is 34.2. The zero-order valence-corrected chi connectivity index (χ0v) is 66.4. The topological polar surface area (TPSA) is 34.2 Å². The van der Waals surface area contributed by atoms with Crippen molar-refractivity contribution in [3.63, 3.8) is 0 Å². The van der Waals surface area contributed by atoms with Crippen LogP contribution >= 0.6 is 0 Å². The Balaban J connectivity index is 0.712. The molecule has 7 aliphatic carbocycles. The minimum absolute atomic E-state index is 0.0120. The summed E-state index contributed by atoms with van der Waals surface area (Å²) in [5.41, 5.74) is 26.5. The molecule has 0 saturated heterocycles. The summed E-state index contributed by atoms with van der Waals surface area (Å²) in [6.45, 7) is 23.0. The van der Waals surface area contributed by atoms with E-state index in [0.717, 1.165) is 128 Å². The molecule has 9 aromatic rings. The van der Waals surface area contributed by atoms with Crippen molar-refractivity contribution in [2.24, 2.45) is 11.3 Å². The molecule has 1 aliphatic heterocycles. The Morgan fingerprint density at radius 1 is 0.558 bits per heavy atom. The average Bonchev–Trinajstić information content (AvgIpc) is 1.55. The van der Waals surface area contributed by atoms with E-state index in [1.807, 2.05) is 48.6 Å². The van der Waals surface area contributed by atoms with Gasteiger partial charge in [-0.05, 0) is 267 Å². The fraction of sp³-hybridized carbons (Fsp3) is 0.283. The molecule has 7 unspecified atom stereocenters. The Morgan fingerprint density at radius 2 is 1.23 bits per heavy atom. The van der Waals surface area contributed by atoms with E-state index in [1.165, 1.54) is 89.2 Å². The van der Waals surface area contributed by atoms with Crippen LogP contribution in [0.2, 0.25) is 0 Å². The highest BCUT2D eigenvalue weighted by atomic mass is 19.1. The number of fused-ring (bicyclic) bond motifs is 8. The largest absolute Gasteiger partial charge is 0.494 e. The van der Waals surface area contributed by atoms with Crippen molar-refractivity contribution in [1.29, 1.82) is 0 Å². The highest BCUT2D eigenvalue weighted by molar-refractivity contribution is 5.91. The lowest BCUT2D eigenvalue weighted by Crippen LogP contribution is -2.42. The number of aryl methyl sites for hydroxylation is 2. The molecule has 7 heteroatoms. The number of hydrogen-bond donors (Lipinski definition) is 0. The van der Waals surface area contributed by atoms with Gasteiger partial charge >= 0.3 is 0 Å². The number of rotatable bonds is 24. The number of anilines is 3. The minimum atomic E-state index is -0.705. The molecular weight excluding hydrogens is 1390 g/mol. The second-order valence-electron chi connectivity index (χ2n) is 34.2. The highest BCUT2D eigenvalue weighted by Crippen LogP contribution is 2.62. The third kappa shape index (κ3) is 14.4. The lowest BCUT2D eigenvalue weighted by atomic mass is 9.59. The van der Waals surface area contributed by atoms with E-state index in [0.29, 0.717) is 19.4 Å². The number of hydrogen-bond acceptors (Lipinski definition) is 5. The minimum Gasteiger partial charge on any atom is -0.494 e. The molecule has 7 atom stereocenters. The molecule has 9 aromatic carbocycles. The maximum absolute atomic E-state index is 15.5. The van der Waals surface area contributed by atoms with Gasteiger partial charge in [0.2, 0.25) is 0 Å². The number of benzene rings is 9. The van der Waals surface area contributed by atoms with Gasteiger partial charge in [-0.2, -0.15) is 0 Å². The monoisotopic (exact) mass is 1490 g/mol. The van der Waals surface area contributed by atoms with E-state index in [1.54, 1.807) is 18.2 Å². The van der Waals surface area contributed by atoms with Crippen molar-refractivity contribution in [3.05, 3.63) is 399 Å². The fourth-order valence-electron chi connectivity index (χ4n) is 19.5. The van der Waals surface area contributed by atoms with Gasteiger partial charge in [0.25, 0.3) is 0 Å². The molecule has 5 nitrogen and oxygen atoms in total. The summed E-state index contributed by atoms with van der Waals surface area (Å²) < 4.78 is 50.5. The van der Waals surface area contributed by atoms with Crippen LogP contribution in [0.25, 0.3) is 22.8 Å². The molecule has 570 valence electrons. The SMILES string of the molecule is C=CC1=CCC(OCCCCc2ccc(C3(C4C=CC(C(C)(C)C)=CC4)C4=C(C=CC(N(C5=CC=C(F)CC5)C5=CC6c7cc(N(c8ccc(F)cc8)c8ccc9c(c8)C(c8ccc(CCCCOc%10ccc(C=C)cc%10)cc8)(c8ccc(C(C)(C)C)cc8)c8ccccc8-9)ccc7OC6CC5)C4)c4ccccc43)cc2)C=C1. The van der Waals surface area contributed by atoms with Gasteiger partial charge in [0.15, 0.2) is 0 Å². The maximum Gasteiger partial charge on any atom is 0.123 e. The first-order valence-corrected chi connectivity index (χ1v) is 41.3.